The van der Waals surface area contributed by atoms with Gasteiger partial charge in [0.2, 0.25) is 0 Å². The number of imidazole rings is 1. The molecule has 1 saturated carbocycles. The molecule has 0 N–H and O–H groups in total. The zero-order valence-electron chi connectivity index (χ0n) is 28.1. The van der Waals surface area contributed by atoms with E-state index in [9.17, 15) is 0 Å². The Balaban J connectivity index is 1.34. The summed E-state index contributed by atoms with van der Waals surface area (Å²) in [5, 5.41) is 0. The molecule has 0 spiro atoms. The molecular weight excluding hydrogens is 712 g/mol. The predicted molar refractivity (Wildman–Crippen MR) is 169 cm³/mol. The fourth-order valence-corrected chi connectivity index (χ4v) is 7.52. The zero-order valence-corrected chi connectivity index (χ0v) is 27.3. The third-order valence-corrected chi connectivity index (χ3v) is 9.98. The molecule has 0 bridgehead atoms. The van der Waals surface area contributed by atoms with Crippen molar-refractivity contribution < 1.29 is 28.2 Å². The second-order valence-electron chi connectivity index (χ2n) is 13.0. The Morgan fingerprint density at radius 3 is 2.58 bits per heavy atom. The first-order valence-electron chi connectivity index (χ1n) is 16.6. The van der Waals surface area contributed by atoms with E-state index in [0.717, 1.165) is 34.8 Å². The van der Waals surface area contributed by atoms with E-state index in [4.69, 9.17) is 13.8 Å². The van der Waals surface area contributed by atoms with Crippen LogP contribution in [0.2, 0.25) is 0 Å². The van der Waals surface area contributed by atoms with Crippen LogP contribution >= 0.6 is 0 Å². The fraction of sp³-hybridized carbons (Fsp3) is 0.351. The van der Waals surface area contributed by atoms with Gasteiger partial charge in [0.1, 0.15) is 0 Å². The van der Waals surface area contributed by atoms with Crippen molar-refractivity contribution in [3.05, 3.63) is 99.5 Å². The summed E-state index contributed by atoms with van der Waals surface area (Å²) in [6.45, 7) is 7.18. The van der Waals surface area contributed by atoms with Crippen LogP contribution in [0.4, 0.5) is 11.5 Å². The first kappa shape index (κ1) is 25.0. The van der Waals surface area contributed by atoms with Crippen LogP contribution < -0.4 is 9.64 Å². The van der Waals surface area contributed by atoms with Crippen molar-refractivity contribution in [2.75, 3.05) is 11.4 Å². The molecule has 5 aromatic rings. The van der Waals surface area contributed by atoms with Crippen molar-refractivity contribution in [3.8, 4) is 17.2 Å². The van der Waals surface area contributed by atoms with Crippen molar-refractivity contribution in [2.45, 2.75) is 64.7 Å². The molecule has 224 valence electrons. The maximum atomic E-state index is 8.26. The molecule has 43 heavy (non-hydrogen) atoms. The van der Waals surface area contributed by atoms with Gasteiger partial charge in [-0.05, 0) is 25.0 Å². The third kappa shape index (κ3) is 5.20. The molecular formula is C37H38N4OPt-2. The first-order chi connectivity index (χ1) is 21.9. The number of fused-ring (bicyclic) bond motifs is 4. The van der Waals surface area contributed by atoms with E-state index >= 15 is 0 Å². The number of pyridine rings is 1. The second-order valence-corrected chi connectivity index (χ2v) is 14.0. The maximum absolute atomic E-state index is 8.26. The number of anilines is 2. The van der Waals surface area contributed by atoms with Gasteiger partial charge in [-0.25, -0.2) is 0 Å². The molecule has 2 aliphatic rings. The van der Waals surface area contributed by atoms with E-state index < -0.39 is 6.98 Å². The van der Waals surface area contributed by atoms with Crippen molar-refractivity contribution in [1.82, 2.24) is 14.1 Å². The molecule has 0 radical (unpaired) electrons. The van der Waals surface area contributed by atoms with E-state index in [0.29, 0.717) is 32.7 Å². The summed E-state index contributed by atoms with van der Waals surface area (Å²) >= 11 is 2.11. The summed E-state index contributed by atoms with van der Waals surface area (Å²) < 4.78 is 35.3. The van der Waals surface area contributed by atoms with E-state index in [-0.39, 0.29) is 5.41 Å². The Bertz CT molecular complexity index is 2010. The van der Waals surface area contributed by atoms with Gasteiger partial charge in [-0.15, -0.1) is 0 Å². The van der Waals surface area contributed by atoms with Gasteiger partial charge in [-0.2, -0.15) is 0 Å². The molecule has 2 unspecified atom stereocenters. The molecule has 1 fully saturated rings. The Morgan fingerprint density at radius 1 is 0.977 bits per heavy atom. The van der Waals surface area contributed by atoms with Gasteiger partial charge in [0.05, 0.1) is 0 Å². The number of hydrogen-bond acceptors (Lipinski definition) is 3. The summed E-state index contributed by atoms with van der Waals surface area (Å²) in [7, 11) is 0. The number of rotatable bonds is 4. The summed E-state index contributed by atoms with van der Waals surface area (Å²) in [4.78, 5) is 7.09. The van der Waals surface area contributed by atoms with Crippen LogP contribution in [0.3, 0.4) is 0 Å². The SMILES string of the molecule is [2H]C([2H])([2H])n1[c](=[Pt])n(-c2[c-]c(Oc3[c-]c4c(cc3)C3CCCCC3CN4c3cc(C)ccn3)cc(C(C)(C)C)c2)c2ccccc21. The molecule has 1 aliphatic heterocycles. The number of hydrogen-bond donors (Lipinski definition) is 0. The van der Waals surface area contributed by atoms with Gasteiger partial charge in [0.25, 0.3) is 0 Å². The number of aryl methyl sites for hydroxylation is 2. The molecule has 3 heterocycles. The quantitative estimate of drug-likeness (QED) is 0.172. The number of nitrogens with zero attached hydrogens (tertiary/aromatic N) is 4. The summed E-state index contributed by atoms with van der Waals surface area (Å²) in [5.74, 6) is 3.23. The van der Waals surface area contributed by atoms with Crippen molar-refractivity contribution in [1.29, 1.82) is 0 Å². The van der Waals surface area contributed by atoms with Gasteiger partial charge in [0, 0.05) is 6.20 Å². The van der Waals surface area contributed by atoms with Crippen LogP contribution in [0, 0.1) is 28.8 Å². The molecule has 3 aromatic carbocycles. The number of aromatic nitrogens is 3. The second kappa shape index (κ2) is 10.9. The molecule has 0 amide bonds. The molecule has 0 saturated heterocycles. The molecule has 7 rings (SSSR count). The van der Waals surface area contributed by atoms with Gasteiger partial charge in [-0.3, -0.25) is 0 Å². The van der Waals surface area contributed by atoms with Crippen molar-refractivity contribution in [2.24, 2.45) is 12.9 Å². The Labute approximate surface area is 269 Å². The number of ether oxygens (including phenoxy) is 1. The van der Waals surface area contributed by atoms with Gasteiger partial charge >= 0.3 is 227 Å². The standard InChI is InChI=1S/C37H38N4O.Pt/c1-25-16-17-38-36(18-25)40-23-26-10-6-7-11-31(26)32-15-14-29(22-35(32)40)42-30-20-27(37(2,3)4)19-28(21-30)41-24-39(5)33-12-8-9-13-34(33)41;/h8-9,12-20,26,31H,6-7,10-11,23H2,1-5H3;/q-2;/i5D3;. The number of para-hydroxylation sites is 2. The van der Waals surface area contributed by atoms with Gasteiger partial charge < -0.3 is 0 Å². The third-order valence-electron chi connectivity index (χ3n) is 8.96. The van der Waals surface area contributed by atoms with E-state index in [1.807, 2.05) is 53.2 Å². The van der Waals surface area contributed by atoms with E-state index in [2.05, 4.69) is 82.3 Å². The minimum atomic E-state index is -2.34. The topological polar surface area (TPSA) is 35.2 Å². The van der Waals surface area contributed by atoms with Gasteiger partial charge in [0.15, 0.2) is 0 Å². The normalized spacial score (nSPS) is 19.8. The van der Waals surface area contributed by atoms with Crippen LogP contribution in [0.5, 0.6) is 11.5 Å². The van der Waals surface area contributed by atoms with Crippen molar-refractivity contribution >= 4 is 22.5 Å². The molecule has 2 aromatic heterocycles. The van der Waals surface area contributed by atoms with Crippen LogP contribution in [-0.2, 0) is 31.7 Å². The van der Waals surface area contributed by atoms with E-state index in [1.165, 1.54) is 41.4 Å². The molecule has 5 nitrogen and oxygen atoms in total. The predicted octanol–water partition coefficient (Wildman–Crippen LogP) is 8.87. The summed E-state index contributed by atoms with van der Waals surface area (Å²) in [5.41, 5.74) is 6.55. The minimum absolute atomic E-state index is 0.195. The Morgan fingerprint density at radius 2 is 1.79 bits per heavy atom. The monoisotopic (exact) mass is 752 g/mol. The Kier molecular flexibility index (Phi) is 6.34. The molecule has 2 atom stereocenters. The Hall–Kier alpha value is -3.43. The average Bonchev–Trinajstić information content (AvgIpc) is 3.32. The molecule has 1 aliphatic carbocycles. The summed E-state index contributed by atoms with van der Waals surface area (Å²) in [6.07, 6.45) is 6.85. The average molecular weight is 753 g/mol. The van der Waals surface area contributed by atoms with Crippen LogP contribution in [0.25, 0.3) is 16.7 Å². The first-order valence-corrected chi connectivity index (χ1v) is 16.2. The summed E-state index contributed by atoms with van der Waals surface area (Å²) in [6, 6.07) is 27.3. The number of benzene rings is 3. The molecule has 6 heteroatoms. The van der Waals surface area contributed by atoms with Gasteiger partial charge in [-0.1, -0.05) is 12.8 Å². The zero-order chi connectivity index (χ0) is 32.4. The van der Waals surface area contributed by atoms with Crippen LogP contribution in [-0.4, -0.2) is 20.7 Å². The van der Waals surface area contributed by atoms with E-state index in [1.54, 1.807) is 0 Å². The van der Waals surface area contributed by atoms with Crippen LogP contribution in [0.1, 0.15) is 73.2 Å². The van der Waals surface area contributed by atoms with Crippen molar-refractivity contribution in [3.63, 3.8) is 0 Å². The fourth-order valence-electron chi connectivity index (χ4n) is 6.70. The van der Waals surface area contributed by atoms with Crippen LogP contribution in [0.15, 0.2) is 66.9 Å².